The molecule has 0 amide bonds. The number of likely N-dealkylation sites (tertiary alicyclic amines) is 2. The van der Waals surface area contributed by atoms with Gasteiger partial charge in [-0.05, 0) is 52.1 Å². The third-order valence-corrected chi connectivity index (χ3v) is 4.29. The van der Waals surface area contributed by atoms with E-state index in [0.29, 0.717) is 5.41 Å². The van der Waals surface area contributed by atoms with Gasteiger partial charge in [0.05, 0.1) is 6.54 Å². The highest BCUT2D eigenvalue weighted by Crippen LogP contribution is 2.41. The summed E-state index contributed by atoms with van der Waals surface area (Å²) in [5.41, 5.74) is 0.602. The summed E-state index contributed by atoms with van der Waals surface area (Å²) >= 11 is 0. The van der Waals surface area contributed by atoms with E-state index in [4.69, 9.17) is 0 Å². The van der Waals surface area contributed by atoms with Crippen LogP contribution in [-0.2, 0) is 0 Å². The number of piperidine rings is 1. The van der Waals surface area contributed by atoms with Crippen molar-refractivity contribution in [3.8, 4) is 0 Å². The number of alkyl halides is 2. The molecule has 2 aliphatic rings. The average Bonchev–Trinajstić information content (AvgIpc) is 2.13. The van der Waals surface area contributed by atoms with Crippen LogP contribution in [0.1, 0.15) is 33.6 Å². The molecule has 0 bridgehead atoms. The normalized spacial score (nSPS) is 26.5. The van der Waals surface area contributed by atoms with Crippen molar-refractivity contribution >= 4 is 0 Å². The molecule has 17 heavy (non-hydrogen) atoms. The number of nitrogens with zero attached hydrogens (tertiary/aromatic N) is 2. The predicted octanol–water partition coefficient (Wildman–Crippen LogP) is 2.45. The summed E-state index contributed by atoms with van der Waals surface area (Å²) in [5, 5.41) is 0. The van der Waals surface area contributed by atoms with Crippen LogP contribution in [0.5, 0.6) is 0 Å². The van der Waals surface area contributed by atoms with E-state index in [2.05, 4.69) is 25.7 Å². The van der Waals surface area contributed by atoms with Gasteiger partial charge in [-0.2, -0.15) is 0 Å². The van der Waals surface area contributed by atoms with Crippen molar-refractivity contribution in [2.75, 3.05) is 32.7 Å². The molecule has 2 aliphatic heterocycles. The summed E-state index contributed by atoms with van der Waals surface area (Å²) in [6.45, 7) is 10.7. The van der Waals surface area contributed by atoms with Crippen LogP contribution < -0.4 is 0 Å². The van der Waals surface area contributed by atoms with Gasteiger partial charge in [0.2, 0.25) is 0 Å². The highest BCUT2D eigenvalue weighted by Gasteiger charge is 2.46. The Morgan fingerprint density at radius 2 is 1.65 bits per heavy atom. The molecule has 0 aromatic carbocycles. The third-order valence-electron chi connectivity index (χ3n) is 4.29. The van der Waals surface area contributed by atoms with E-state index in [0.717, 1.165) is 26.2 Å². The minimum Gasteiger partial charge on any atom is -0.298 e. The van der Waals surface area contributed by atoms with Crippen LogP contribution in [0.15, 0.2) is 0 Å². The summed E-state index contributed by atoms with van der Waals surface area (Å²) in [5.74, 6) is 0. The lowest BCUT2D eigenvalue weighted by atomic mass is 9.71. The van der Waals surface area contributed by atoms with E-state index < -0.39 is 6.43 Å². The second-order valence-corrected chi connectivity index (χ2v) is 6.72. The minimum absolute atomic E-state index is 0.0370. The van der Waals surface area contributed by atoms with Gasteiger partial charge in [0.15, 0.2) is 0 Å². The quantitative estimate of drug-likeness (QED) is 0.738. The van der Waals surface area contributed by atoms with Gasteiger partial charge in [0.1, 0.15) is 0 Å². The molecular formula is C13H24F2N2. The Bertz CT molecular complexity index is 257. The van der Waals surface area contributed by atoms with Crippen molar-refractivity contribution < 1.29 is 8.78 Å². The van der Waals surface area contributed by atoms with Crippen LogP contribution in [0.2, 0.25) is 0 Å². The molecule has 2 saturated heterocycles. The maximum Gasteiger partial charge on any atom is 0.251 e. The van der Waals surface area contributed by atoms with Crippen LogP contribution in [0.3, 0.4) is 0 Å². The summed E-state index contributed by atoms with van der Waals surface area (Å²) in [4.78, 5) is 4.41. The summed E-state index contributed by atoms with van der Waals surface area (Å²) < 4.78 is 24.5. The Labute approximate surface area is 103 Å². The minimum atomic E-state index is -2.18. The molecule has 4 heteroatoms. The van der Waals surface area contributed by atoms with Crippen LogP contribution >= 0.6 is 0 Å². The lowest BCUT2D eigenvalue weighted by Crippen LogP contribution is -2.62. The van der Waals surface area contributed by atoms with Crippen LogP contribution in [0.4, 0.5) is 8.78 Å². The number of hydrogen-bond acceptors (Lipinski definition) is 2. The van der Waals surface area contributed by atoms with E-state index in [1.54, 1.807) is 0 Å². The van der Waals surface area contributed by atoms with Crippen molar-refractivity contribution in [1.29, 1.82) is 0 Å². The Balaban J connectivity index is 1.78. The number of rotatable bonds is 2. The van der Waals surface area contributed by atoms with Crippen LogP contribution in [0.25, 0.3) is 0 Å². The lowest BCUT2D eigenvalue weighted by molar-refractivity contribution is -0.0793. The second-order valence-electron chi connectivity index (χ2n) is 6.72. The molecule has 2 nitrogen and oxygen atoms in total. The number of halogens is 2. The Hall–Kier alpha value is -0.220. The Morgan fingerprint density at radius 1 is 1.12 bits per heavy atom. The summed E-state index contributed by atoms with van der Waals surface area (Å²) in [6, 6.07) is 0. The molecule has 0 aliphatic carbocycles. The van der Waals surface area contributed by atoms with E-state index in [1.165, 1.54) is 12.8 Å². The van der Waals surface area contributed by atoms with Crippen molar-refractivity contribution in [3.05, 3.63) is 0 Å². The fourth-order valence-corrected chi connectivity index (χ4v) is 3.19. The molecule has 1 spiro atoms. The standard InChI is InChI=1S/C13H24F2N2/c1-12(2,3)17-6-4-13(5-7-17)9-16(10-13)8-11(14)15/h11H,4-10H2,1-3H3. The molecule has 0 N–H and O–H groups in total. The molecule has 2 rings (SSSR count). The first-order valence-electron chi connectivity index (χ1n) is 6.56. The zero-order valence-corrected chi connectivity index (χ0v) is 11.2. The van der Waals surface area contributed by atoms with Crippen molar-refractivity contribution in [1.82, 2.24) is 9.80 Å². The van der Waals surface area contributed by atoms with Crippen molar-refractivity contribution in [2.24, 2.45) is 5.41 Å². The zero-order chi connectivity index (χ0) is 12.7. The van der Waals surface area contributed by atoms with E-state index in [-0.39, 0.29) is 12.1 Å². The van der Waals surface area contributed by atoms with Gasteiger partial charge in [-0.3, -0.25) is 9.80 Å². The highest BCUT2D eigenvalue weighted by molar-refractivity contribution is 4.99. The molecule has 0 atom stereocenters. The smallest absolute Gasteiger partial charge is 0.251 e. The maximum absolute atomic E-state index is 12.2. The SMILES string of the molecule is CC(C)(C)N1CCC2(CC1)CN(CC(F)F)C2. The lowest BCUT2D eigenvalue weighted by Gasteiger charge is -2.55. The van der Waals surface area contributed by atoms with Gasteiger partial charge in [-0.15, -0.1) is 0 Å². The Morgan fingerprint density at radius 3 is 2.06 bits per heavy atom. The third kappa shape index (κ3) is 2.97. The molecule has 2 fully saturated rings. The van der Waals surface area contributed by atoms with E-state index in [9.17, 15) is 8.78 Å². The summed E-state index contributed by atoms with van der Waals surface area (Å²) in [7, 11) is 0. The molecule has 0 aromatic rings. The molecule has 0 radical (unpaired) electrons. The number of hydrogen-bond donors (Lipinski definition) is 0. The molecule has 0 aromatic heterocycles. The van der Waals surface area contributed by atoms with Crippen molar-refractivity contribution in [3.63, 3.8) is 0 Å². The average molecular weight is 246 g/mol. The predicted molar refractivity (Wildman–Crippen MR) is 65.4 cm³/mol. The van der Waals surface area contributed by atoms with Gasteiger partial charge in [0, 0.05) is 18.6 Å². The second kappa shape index (κ2) is 4.47. The van der Waals surface area contributed by atoms with Gasteiger partial charge < -0.3 is 0 Å². The fourth-order valence-electron chi connectivity index (χ4n) is 3.19. The van der Waals surface area contributed by atoms with Crippen LogP contribution in [-0.4, -0.2) is 54.5 Å². The van der Waals surface area contributed by atoms with E-state index in [1.807, 2.05) is 4.90 Å². The van der Waals surface area contributed by atoms with Gasteiger partial charge >= 0.3 is 0 Å². The van der Waals surface area contributed by atoms with Crippen molar-refractivity contribution in [2.45, 2.75) is 45.6 Å². The molecular weight excluding hydrogens is 222 g/mol. The highest BCUT2D eigenvalue weighted by atomic mass is 19.3. The molecule has 0 saturated carbocycles. The first-order valence-corrected chi connectivity index (χ1v) is 6.56. The molecule has 0 unspecified atom stereocenters. The first-order chi connectivity index (χ1) is 7.81. The van der Waals surface area contributed by atoms with Crippen LogP contribution in [0, 0.1) is 5.41 Å². The molecule has 2 heterocycles. The summed E-state index contributed by atoms with van der Waals surface area (Å²) in [6.07, 6.45) is 0.163. The zero-order valence-electron chi connectivity index (χ0n) is 11.2. The first kappa shape index (κ1) is 13.2. The van der Waals surface area contributed by atoms with E-state index >= 15 is 0 Å². The monoisotopic (exact) mass is 246 g/mol. The topological polar surface area (TPSA) is 6.48 Å². The van der Waals surface area contributed by atoms with Gasteiger partial charge in [-0.25, -0.2) is 8.78 Å². The molecule has 100 valence electrons. The Kier molecular flexibility index (Phi) is 3.47. The maximum atomic E-state index is 12.2. The largest absolute Gasteiger partial charge is 0.298 e. The van der Waals surface area contributed by atoms with Gasteiger partial charge in [-0.1, -0.05) is 0 Å². The fraction of sp³-hybridized carbons (Fsp3) is 1.00. The van der Waals surface area contributed by atoms with Gasteiger partial charge in [0.25, 0.3) is 6.43 Å².